The van der Waals surface area contributed by atoms with Crippen molar-refractivity contribution in [3.63, 3.8) is 0 Å². The fourth-order valence-corrected chi connectivity index (χ4v) is 2.44. The molecule has 6 heteroatoms. The summed E-state index contributed by atoms with van der Waals surface area (Å²) in [5, 5.41) is 0. The molecule has 0 saturated heterocycles. The van der Waals surface area contributed by atoms with E-state index in [1.807, 2.05) is 0 Å². The summed E-state index contributed by atoms with van der Waals surface area (Å²) in [4.78, 5) is 11.4. The Kier molecular flexibility index (Phi) is 11.8. The molecule has 0 saturated carbocycles. The number of carbonyl (C=O) groups is 1. The van der Waals surface area contributed by atoms with E-state index in [1.54, 1.807) is 0 Å². The zero-order valence-electron chi connectivity index (χ0n) is 12.5. The quantitative estimate of drug-likeness (QED) is 0.320. The first kappa shape index (κ1) is 19.4. The molecule has 0 radical (unpaired) electrons. The van der Waals surface area contributed by atoms with Crippen molar-refractivity contribution < 1.29 is 22.5 Å². The van der Waals surface area contributed by atoms with Crippen LogP contribution in [-0.2, 0) is 19.6 Å². The molecule has 0 bridgehead atoms. The summed E-state index contributed by atoms with van der Waals surface area (Å²) in [5.41, 5.74) is 0. The van der Waals surface area contributed by atoms with Gasteiger partial charge in [-0.05, 0) is 19.3 Å². The number of carbonyl (C=O) groups excluding carboxylic acids is 1. The van der Waals surface area contributed by atoms with E-state index in [9.17, 15) is 13.2 Å². The number of hydrogen-bond donors (Lipinski definition) is 1. The molecule has 0 aromatic rings. The molecule has 0 aromatic carbocycles. The summed E-state index contributed by atoms with van der Waals surface area (Å²) < 4.78 is 34.5. The maximum Gasteiger partial charge on any atom is 0.305 e. The summed E-state index contributed by atoms with van der Waals surface area (Å²) in [7, 11) is -3.83. The highest BCUT2D eigenvalue weighted by Crippen LogP contribution is 2.07. The van der Waals surface area contributed by atoms with Gasteiger partial charge in [0, 0.05) is 6.42 Å². The van der Waals surface area contributed by atoms with Gasteiger partial charge >= 0.3 is 5.97 Å². The Bertz CT molecular complexity index is 337. The first-order valence-electron chi connectivity index (χ1n) is 7.56. The highest BCUT2D eigenvalue weighted by molar-refractivity contribution is 7.85. The third kappa shape index (κ3) is 15.4. The summed E-state index contributed by atoms with van der Waals surface area (Å²) in [6.45, 7) is 2.56. The smallest absolute Gasteiger partial charge is 0.305 e. The minimum Gasteiger partial charge on any atom is -0.466 e. The van der Waals surface area contributed by atoms with Gasteiger partial charge in [0.1, 0.15) is 0 Å². The van der Waals surface area contributed by atoms with Crippen molar-refractivity contribution in [3.8, 4) is 0 Å². The lowest BCUT2D eigenvalue weighted by Gasteiger charge is -2.04. The van der Waals surface area contributed by atoms with E-state index in [0.29, 0.717) is 25.9 Å². The van der Waals surface area contributed by atoms with E-state index in [0.717, 1.165) is 25.7 Å². The number of ether oxygens (including phenoxy) is 1. The van der Waals surface area contributed by atoms with Crippen LogP contribution in [0, 0.1) is 0 Å². The molecule has 0 atom stereocenters. The van der Waals surface area contributed by atoms with E-state index < -0.39 is 10.1 Å². The van der Waals surface area contributed by atoms with Crippen LogP contribution in [0.3, 0.4) is 0 Å². The number of hydrogen-bond acceptors (Lipinski definition) is 4. The van der Waals surface area contributed by atoms with Gasteiger partial charge in [0.05, 0.1) is 12.4 Å². The van der Waals surface area contributed by atoms with Gasteiger partial charge in [-0.15, -0.1) is 0 Å². The molecule has 0 rings (SSSR count). The topological polar surface area (TPSA) is 80.7 Å². The van der Waals surface area contributed by atoms with Crippen molar-refractivity contribution in [2.24, 2.45) is 0 Å². The number of rotatable bonds is 13. The SMILES string of the molecule is CCCCCCCC(=O)OCCCCCCS(=O)(=O)O. The Morgan fingerprint density at radius 3 is 2.20 bits per heavy atom. The van der Waals surface area contributed by atoms with Gasteiger partial charge in [-0.25, -0.2) is 0 Å². The van der Waals surface area contributed by atoms with Crippen LogP contribution >= 0.6 is 0 Å². The van der Waals surface area contributed by atoms with Crippen LogP contribution in [0.25, 0.3) is 0 Å². The normalized spacial score (nSPS) is 11.5. The third-order valence-corrected chi connectivity index (χ3v) is 3.85. The standard InChI is InChI=1S/C14H28O5S/c1-2-3-4-5-8-11-14(15)19-12-9-6-7-10-13-20(16,17)18/h2-13H2,1H3,(H,16,17,18). The molecular formula is C14H28O5S. The van der Waals surface area contributed by atoms with Crippen molar-refractivity contribution in [1.29, 1.82) is 0 Å². The van der Waals surface area contributed by atoms with Gasteiger partial charge in [-0.1, -0.05) is 45.4 Å². The molecule has 20 heavy (non-hydrogen) atoms. The lowest BCUT2D eigenvalue weighted by atomic mass is 10.1. The highest BCUT2D eigenvalue weighted by atomic mass is 32.2. The molecule has 120 valence electrons. The molecule has 0 aromatic heterocycles. The molecule has 1 N–H and O–H groups in total. The Hall–Kier alpha value is -0.620. The first-order valence-corrected chi connectivity index (χ1v) is 9.17. The van der Waals surface area contributed by atoms with Gasteiger partial charge in [0.25, 0.3) is 10.1 Å². The van der Waals surface area contributed by atoms with Gasteiger partial charge in [-0.2, -0.15) is 8.42 Å². The minimum absolute atomic E-state index is 0.139. The number of unbranched alkanes of at least 4 members (excludes halogenated alkanes) is 7. The van der Waals surface area contributed by atoms with Crippen molar-refractivity contribution >= 4 is 16.1 Å². The van der Waals surface area contributed by atoms with Gasteiger partial charge in [-0.3, -0.25) is 9.35 Å². The van der Waals surface area contributed by atoms with Gasteiger partial charge in [0.2, 0.25) is 0 Å². The van der Waals surface area contributed by atoms with E-state index in [2.05, 4.69) is 6.92 Å². The molecule has 0 fully saturated rings. The molecule has 0 unspecified atom stereocenters. The predicted molar refractivity (Wildman–Crippen MR) is 79.2 cm³/mol. The second kappa shape index (κ2) is 12.1. The highest BCUT2D eigenvalue weighted by Gasteiger charge is 2.04. The molecule has 0 aliphatic rings. The van der Waals surface area contributed by atoms with Gasteiger partial charge < -0.3 is 4.74 Å². The van der Waals surface area contributed by atoms with Crippen molar-refractivity contribution in [1.82, 2.24) is 0 Å². The Balaban J connectivity index is 3.27. The monoisotopic (exact) mass is 308 g/mol. The predicted octanol–water partition coefficient (Wildman–Crippen LogP) is 3.34. The second-order valence-corrected chi connectivity index (χ2v) is 6.66. The van der Waals surface area contributed by atoms with Crippen LogP contribution in [0.2, 0.25) is 0 Å². The second-order valence-electron chi connectivity index (χ2n) is 5.08. The van der Waals surface area contributed by atoms with Crippen LogP contribution in [0.15, 0.2) is 0 Å². The molecular weight excluding hydrogens is 280 g/mol. The first-order chi connectivity index (χ1) is 9.45. The molecule has 0 spiro atoms. The average molecular weight is 308 g/mol. The minimum atomic E-state index is -3.83. The Morgan fingerprint density at radius 1 is 0.950 bits per heavy atom. The summed E-state index contributed by atoms with van der Waals surface area (Å²) in [5.74, 6) is -0.329. The van der Waals surface area contributed by atoms with E-state index >= 15 is 0 Å². The van der Waals surface area contributed by atoms with Crippen molar-refractivity contribution in [2.75, 3.05) is 12.4 Å². The maximum absolute atomic E-state index is 11.4. The zero-order valence-corrected chi connectivity index (χ0v) is 13.3. The van der Waals surface area contributed by atoms with Crippen molar-refractivity contribution in [3.05, 3.63) is 0 Å². The largest absolute Gasteiger partial charge is 0.466 e. The van der Waals surface area contributed by atoms with Crippen LogP contribution in [-0.4, -0.2) is 31.3 Å². The van der Waals surface area contributed by atoms with Crippen LogP contribution in [0.1, 0.15) is 71.1 Å². The molecule has 0 aliphatic heterocycles. The van der Waals surface area contributed by atoms with Crippen LogP contribution in [0.5, 0.6) is 0 Å². The van der Waals surface area contributed by atoms with Crippen LogP contribution in [0.4, 0.5) is 0 Å². The Labute approximate surface area is 122 Å². The fourth-order valence-electron chi connectivity index (χ4n) is 1.87. The molecule has 0 heterocycles. The Morgan fingerprint density at radius 2 is 1.55 bits per heavy atom. The summed E-state index contributed by atoms with van der Waals surface area (Å²) in [6.07, 6.45) is 8.78. The summed E-state index contributed by atoms with van der Waals surface area (Å²) >= 11 is 0. The zero-order chi connectivity index (χ0) is 15.3. The third-order valence-electron chi connectivity index (χ3n) is 3.04. The van der Waals surface area contributed by atoms with Gasteiger partial charge in [0.15, 0.2) is 0 Å². The lowest BCUT2D eigenvalue weighted by Crippen LogP contribution is -2.06. The van der Waals surface area contributed by atoms with E-state index in [4.69, 9.17) is 9.29 Å². The van der Waals surface area contributed by atoms with Crippen LogP contribution < -0.4 is 0 Å². The summed E-state index contributed by atoms with van der Waals surface area (Å²) in [6, 6.07) is 0. The maximum atomic E-state index is 11.4. The molecule has 0 aliphatic carbocycles. The average Bonchev–Trinajstić information content (AvgIpc) is 2.36. The lowest BCUT2D eigenvalue weighted by molar-refractivity contribution is -0.143. The fraction of sp³-hybridized carbons (Fsp3) is 0.929. The molecule has 0 amide bonds. The van der Waals surface area contributed by atoms with E-state index in [-0.39, 0.29) is 11.7 Å². The van der Waals surface area contributed by atoms with E-state index in [1.165, 1.54) is 19.3 Å². The number of esters is 1. The van der Waals surface area contributed by atoms with Crippen molar-refractivity contribution in [2.45, 2.75) is 71.1 Å². The molecule has 5 nitrogen and oxygen atoms in total.